The summed E-state index contributed by atoms with van der Waals surface area (Å²) in [6.07, 6.45) is 18.8. The maximum absolute atomic E-state index is 14.5. The monoisotopic (exact) mass is 706 g/mol. The maximum atomic E-state index is 14.5. The van der Waals surface area contributed by atoms with Crippen molar-refractivity contribution in [3.8, 4) is 0 Å². The minimum atomic E-state index is -0.277. The van der Waals surface area contributed by atoms with Crippen LogP contribution in [0.5, 0.6) is 0 Å². The van der Waals surface area contributed by atoms with E-state index < -0.39 is 0 Å². The first-order valence-electron chi connectivity index (χ1n) is 20.7. The number of carbonyl (C=O) groups is 3. The second-order valence-corrected chi connectivity index (χ2v) is 15.8. The molecular formula is C44H58N4O4. The number of carbonyl (C=O) groups excluding carboxylic acids is 3. The second kappa shape index (κ2) is 16.4. The number of unbranched alkanes of at least 4 members (excludes halogenated alkanes) is 8. The Kier molecular flexibility index (Phi) is 11.5. The number of hydrogen-bond acceptors (Lipinski definition) is 5. The molecule has 4 aliphatic heterocycles. The maximum Gasteiger partial charge on any atom is 0.224 e. The van der Waals surface area contributed by atoms with E-state index in [1.165, 1.54) is 35.0 Å². The Hall–Kier alpha value is -3.94. The van der Waals surface area contributed by atoms with Gasteiger partial charge in [0.2, 0.25) is 17.2 Å². The molecule has 7 rings (SSSR count). The average molecular weight is 707 g/mol. The standard InChI is InChI=1S/C44H58N4O4/c1-3-5-7-9-11-21-35(49)45-39-31-19-15-25-47-23-13-17-29(41(31)47)27-33(39)37-43(51)38(44(37)52)34-28-30-18-14-24-48-26-16-20-32(42(30)48)40(34)46-36(50)22-12-10-8-6-4-2/h27-28H,3-26H2,1-2H3,(H2,45,46,49,50,51,52). The number of amides is 2. The molecule has 2 N–H and O–H groups in total. The van der Waals surface area contributed by atoms with Crippen molar-refractivity contribution in [3.05, 3.63) is 56.3 Å². The molecule has 5 aliphatic rings. The van der Waals surface area contributed by atoms with Crippen molar-refractivity contribution in [2.24, 2.45) is 0 Å². The van der Waals surface area contributed by atoms with E-state index in [9.17, 15) is 19.5 Å². The average Bonchev–Trinajstić information content (AvgIpc) is 3.14. The lowest BCUT2D eigenvalue weighted by atomic mass is 9.77. The molecule has 0 bridgehead atoms. The van der Waals surface area contributed by atoms with Gasteiger partial charge in [-0.05, 0) is 74.6 Å². The van der Waals surface area contributed by atoms with E-state index in [-0.39, 0.29) is 34.5 Å². The molecule has 0 fully saturated rings. The van der Waals surface area contributed by atoms with Crippen molar-refractivity contribution in [2.45, 2.75) is 142 Å². The number of nitrogens with zero attached hydrogens (tertiary/aromatic N) is 2. The van der Waals surface area contributed by atoms with Gasteiger partial charge in [-0.2, -0.15) is 0 Å². The summed E-state index contributed by atoms with van der Waals surface area (Å²) in [5.41, 5.74) is 7.93. The Labute approximate surface area is 309 Å². The largest absolute Gasteiger partial charge is 0.871 e. The minimum absolute atomic E-state index is 0.0519. The van der Waals surface area contributed by atoms with Crippen LogP contribution in [0.3, 0.4) is 0 Å². The number of rotatable bonds is 15. The van der Waals surface area contributed by atoms with E-state index in [0.29, 0.717) is 35.0 Å². The lowest BCUT2D eigenvalue weighted by Gasteiger charge is -2.40. The molecule has 0 saturated carbocycles. The van der Waals surface area contributed by atoms with Crippen LogP contribution < -0.4 is 35.8 Å². The van der Waals surface area contributed by atoms with Gasteiger partial charge < -0.3 is 20.6 Å². The van der Waals surface area contributed by atoms with Crippen LogP contribution in [0, 0.1) is 0 Å². The molecule has 0 radical (unpaired) electrons. The summed E-state index contributed by atoms with van der Waals surface area (Å²) in [6, 6.07) is 4.07. The molecule has 4 heterocycles. The fraction of sp³-hybridized carbons (Fsp3) is 0.591. The Morgan fingerprint density at radius 1 is 0.712 bits per heavy atom. The third-order valence-corrected chi connectivity index (χ3v) is 12.0. The van der Waals surface area contributed by atoms with Crippen LogP contribution in [0.2, 0.25) is 0 Å². The molecular weight excluding hydrogens is 649 g/mol. The van der Waals surface area contributed by atoms with Crippen LogP contribution in [-0.4, -0.2) is 43.8 Å². The lowest BCUT2D eigenvalue weighted by molar-refractivity contribution is -0.292. The zero-order valence-corrected chi connectivity index (χ0v) is 31.7. The fourth-order valence-electron chi connectivity index (χ4n) is 9.46. The van der Waals surface area contributed by atoms with E-state index in [0.717, 1.165) is 140 Å². The van der Waals surface area contributed by atoms with E-state index in [4.69, 9.17) is 0 Å². The number of allylic oxidation sites excluding steroid dienone is 2. The Balaban J connectivity index is 1.31. The third-order valence-electron chi connectivity index (χ3n) is 12.0. The molecule has 0 unspecified atom stereocenters. The number of ketones is 1. The fourth-order valence-corrected chi connectivity index (χ4v) is 9.46. The SMILES string of the molecule is CCCCCCCC(=O)Nc1c(C2=C([O-])/C(=c3\cc4c5c(c3NC(=O)CCCCCCC)CCC[N+]=5CCC4)C2=O)cc2c3c1CCCN3CCC2. The van der Waals surface area contributed by atoms with Crippen molar-refractivity contribution in [1.29, 1.82) is 0 Å². The van der Waals surface area contributed by atoms with E-state index in [1.807, 2.05) is 12.1 Å². The van der Waals surface area contributed by atoms with Crippen LogP contribution in [0.1, 0.15) is 144 Å². The van der Waals surface area contributed by atoms with Crippen molar-refractivity contribution in [3.63, 3.8) is 0 Å². The number of benzene rings is 2. The van der Waals surface area contributed by atoms with Crippen LogP contribution in [0.4, 0.5) is 17.1 Å². The first-order chi connectivity index (χ1) is 25.4. The van der Waals surface area contributed by atoms with Crippen molar-refractivity contribution in [2.75, 3.05) is 41.7 Å². The zero-order valence-electron chi connectivity index (χ0n) is 31.7. The molecule has 0 atom stereocenters. The summed E-state index contributed by atoms with van der Waals surface area (Å²) in [6.45, 7) is 8.32. The molecule has 0 spiro atoms. The molecule has 2 amide bonds. The summed E-state index contributed by atoms with van der Waals surface area (Å²) < 4.78 is 2.43. The van der Waals surface area contributed by atoms with Gasteiger partial charge >= 0.3 is 0 Å². The van der Waals surface area contributed by atoms with Gasteiger partial charge in [0.1, 0.15) is 13.1 Å². The minimum Gasteiger partial charge on any atom is -0.871 e. The zero-order chi connectivity index (χ0) is 36.2. The Bertz CT molecular complexity index is 1900. The van der Waals surface area contributed by atoms with Gasteiger partial charge in [-0.15, -0.1) is 0 Å². The van der Waals surface area contributed by atoms with Crippen molar-refractivity contribution in [1.82, 2.24) is 4.58 Å². The van der Waals surface area contributed by atoms with Crippen LogP contribution in [-0.2, 0) is 40.1 Å². The molecule has 278 valence electrons. The lowest BCUT2D eigenvalue weighted by Crippen LogP contribution is -2.46. The molecule has 1 aliphatic carbocycles. The number of aryl methyl sites for hydroxylation is 2. The smallest absolute Gasteiger partial charge is 0.224 e. The highest BCUT2D eigenvalue weighted by Gasteiger charge is 2.37. The highest BCUT2D eigenvalue weighted by molar-refractivity contribution is 6.52. The second-order valence-electron chi connectivity index (χ2n) is 15.8. The molecule has 8 nitrogen and oxygen atoms in total. The van der Waals surface area contributed by atoms with Crippen LogP contribution in [0.15, 0.2) is 17.9 Å². The Morgan fingerprint density at radius 3 is 1.98 bits per heavy atom. The van der Waals surface area contributed by atoms with E-state index in [2.05, 4.69) is 34.0 Å². The molecule has 52 heavy (non-hydrogen) atoms. The highest BCUT2D eigenvalue weighted by Crippen LogP contribution is 2.47. The van der Waals surface area contributed by atoms with Crippen LogP contribution >= 0.6 is 0 Å². The number of nitrogens with one attached hydrogen (secondary N) is 2. The highest BCUT2D eigenvalue weighted by atomic mass is 16.3. The summed E-state index contributed by atoms with van der Waals surface area (Å²) in [4.78, 5) is 43.9. The predicted octanol–water partition coefficient (Wildman–Crippen LogP) is 5.87. The van der Waals surface area contributed by atoms with Gasteiger partial charge in [0.05, 0.1) is 11.4 Å². The molecule has 0 saturated heterocycles. The molecule has 2 aromatic rings. The van der Waals surface area contributed by atoms with E-state index in [1.54, 1.807) is 0 Å². The number of anilines is 3. The van der Waals surface area contributed by atoms with Crippen LogP contribution in [0.25, 0.3) is 11.1 Å². The first-order valence-corrected chi connectivity index (χ1v) is 20.7. The topological polar surface area (TPSA) is 105 Å². The van der Waals surface area contributed by atoms with Crippen molar-refractivity contribution >= 4 is 45.8 Å². The third kappa shape index (κ3) is 7.19. The summed E-state index contributed by atoms with van der Waals surface area (Å²) in [5, 5.41) is 22.8. The predicted molar refractivity (Wildman–Crippen MR) is 208 cm³/mol. The number of hydrogen-bond donors (Lipinski definition) is 2. The Morgan fingerprint density at radius 2 is 1.31 bits per heavy atom. The summed E-state index contributed by atoms with van der Waals surface area (Å²) >= 11 is 0. The summed E-state index contributed by atoms with van der Waals surface area (Å²) in [5.74, 6) is -0.657. The normalized spacial score (nSPS) is 18.5. The quantitative estimate of drug-likeness (QED) is 0.178. The van der Waals surface area contributed by atoms with Crippen molar-refractivity contribution < 1.29 is 19.5 Å². The van der Waals surface area contributed by atoms with Gasteiger partial charge in [0, 0.05) is 77.5 Å². The van der Waals surface area contributed by atoms with Gasteiger partial charge in [-0.3, -0.25) is 14.4 Å². The number of Topliss-reactive ketones (excluding diaryl/α,β-unsaturated/α-hetero) is 1. The first kappa shape index (κ1) is 36.4. The van der Waals surface area contributed by atoms with Gasteiger partial charge in [0.25, 0.3) is 0 Å². The van der Waals surface area contributed by atoms with Gasteiger partial charge in [-0.25, -0.2) is 4.58 Å². The van der Waals surface area contributed by atoms with Gasteiger partial charge in [-0.1, -0.05) is 71.0 Å². The molecule has 2 aromatic carbocycles. The molecule has 0 aromatic heterocycles. The summed E-state index contributed by atoms with van der Waals surface area (Å²) in [7, 11) is 0. The van der Waals surface area contributed by atoms with E-state index >= 15 is 0 Å². The molecule has 8 heteroatoms. The van der Waals surface area contributed by atoms with Gasteiger partial charge in [0.15, 0.2) is 5.78 Å².